The summed E-state index contributed by atoms with van der Waals surface area (Å²) in [5.41, 5.74) is 1.48. The average molecular weight is 454 g/mol. The van der Waals surface area contributed by atoms with Crippen LogP contribution < -0.4 is 10.2 Å². The molecule has 11 heteroatoms. The van der Waals surface area contributed by atoms with Crippen LogP contribution >= 0.6 is 11.6 Å². The Balaban J connectivity index is 1.81. The monoisotopic (exact) mass is 453 g/mol. The molecular weight excluding hydrogens is 434 g/mol. The van der Waals surface area contributed by atoms with Crippen molar-refractivity contribution in [1.29, 1.82) is 0 Å². The van der Waals surface area contributed by atoms with Gasteiger partial charge in [0.05, 0.1) is 4.90 Å². The summed E-state index contributed by atoms with van der Waals surface area (Å²) in [4.78, 5) is 25.0. The van der Waals surface area contributed by atoms with E-state index < -0.39 is 22.0 Å². The first-order valence-corrected chi connectivity index (χ1v) is 10.8. The number of nitrogens with zero attached hydrogens (tertiary/aromatic N) is 2. The molecule has 2 aromatic rings. The maximum absolute atomic E-state index is 13.1. The molecule has 1 aliphatic rings. The number of ether oxygens (including phenoxy) is 1. The summed E-state index contributed by atoms with van der Waals surface area (Å²) < 4.78 is 32.8. The Morgan fingerprint density at radius 2 is 1.63 bits per heavy atom. The Morgan fingerprint density at radius 1 is 1.07 bits per heavy atom. The minimum atomic E-state index is -4.06. The predicted molar refractivity (Wildman–Crippen MR) is 108 cm³/mol. The highest BCUT2D eigenvalue weighted by atomic mass is 35.5. The molecule has 0 aromatic heterocycles. The van der Waals surface area contributed by atoms with E-state index in [9.17, 15) is 18.0 Å². The van der Waals surface area contributed by atoms with Crippen LogP contribution in [-0.2, 0) is 19.6 Å². The van der Waals surface area contributed by atoms with Gasteiger partial charge in [-0.3, -0.25) is 14.8 Å². The highest BCUT2D eigenvalue weighted by Gasteiger charge is 2.40. The van der Waals surface area contributed by atoms with E-state index in [1.165, 1.54) is 41.6 Å². The average Bonchev–Trinajstić information content (AvgIpc) is 2.74. The molecule has 1 fully saturated rings. The standard InChI is InChI=1S/C19H20ClN3O6S/c1-13(24)22-10-11-23(18(12-22)19(25)21-26)30(27,28)17-8-6-16(7-9-17)29-15-4-2-14(20)3-5-15/h2-9,18,26H,10-12H2,1H3,(H,21,25)/t18-/m1/s1. The van der Waals surface area contributed by atoms with Gasteiger partial charge < -0.3 is 9.64 Å². The Bertz CT molecular complexity index is 1030. The molecule has 2 aromatic carbocycles. The van der Waals surface area contributed by atoms with Crippen molar-refractivity contribution >= 4 is 33.4 Å². The minimum absolute atomic E-state index is 0.0435. The van der Waals surface area contributed by atoms with Gasteiger partial charge in [0.15, 0.2) is 0 Å². The smallest absolute Gasteiger partial charge is 0.263 e. The highest BCUT2D eigenvalue weighted by molar-refractivity contribution is 7.89. The van der Waals surface area contributed by atoms with Crippen molar-refractivity contribution in [2.75, 3.05) is 19.6 Å². The van der Waals surface area contributed by atoms with Crippen molar-refractivity contribution in [3.63, 3.8) is 0 Å². The van der Waals surface area contributed by atoms with Crippen molar-refractivity contribution in [2.45, 2.75) is 17.9 Å². The zero-order valence-electron chi connectivity index (χ0n) is 16.0. The molecule has 0 radical (unpaired) electrons. The number of hydroxylamine groups is 1. The largest absolute Gasteiger partial charge is 0.457 e. The van der Waals surface area contributed by atoms with Gasteiger partial charge in [-0.05, 0) is 48.5 Å². The van der Waals surface area contributed by atoms with Crippen molar-refractivity contribution in [3.8, 4) is 11.5 Å². The fourth-order valence-corrected chi connectivity index (χ4v) is 4.78. The van der Waals surface area contributed by atoms with Crippen molar-refractivity contribution in [3.05, 3.63) is 53.6 Å². The molecule has 2 N–H and O–H groups in total. The molecule has 30 heavy (non-hydrogen) atoms. The third kappa shape index (κ3) is 4.73. The van der Waals surface area contributed by atoms with E-state index in [4.69, 9.17) is 21.5 Å². The first-order valence-electron chi connectivity index (χ1n) is 8.97. The number of carbonyl (C=O) groups excluding carboxylic acids is 2. The van der Waals surface area contributed by atoms with Gasteiger partial charge >= 0.3 is 0 Å². The number of sulfonamides is 1. The van der Waals surface area contributed by atoms with Gasteiger partial charge in [-0.2, -0.15) is 4.31 Å². The molecule has 0 bridgehead atoms. The van der Waals surface area contributed by atoms with E-state index in [0.29, 0.717) is 16.5 Å². The predicted octanol–water partition coefficient (Wildman–Crippen LogP) is 1.86. The maximum Gasteiger partial charge on any atom is 0.263 e. The van der Waals surface area contributed by atoms with Crippen LogP contribution in [0.1, 0.15) is 6.92 Å². The maximum atomic E-state index is 13.1. The molecule has 9 nitrogen and oxygen atoms in total. The molecule has 0 aliphatic carbocycles. The third-order valence-corrected chi connectivity index (χ3v) is 6.84. The molecule has 1 aliphatic heterocycles. The zero-order chi connectivity index (χ0) is 21.9. The van der Waals surface area contributed by atoms with Crippen LogP contribution in [0.4, 0.5) is 0 Å². The second kappa shape index (κ2) is 9.00. The second-order valence-corrected chi connectivity index (χ2v) is 8.93. The van der Waals surface area contributed by atoms with Gasteiger partial charge in [0, 0.05) is 31.6 Å². The molecule has 2 amide bonds. The van der Waals surface area contributed by atoms with Gasteiger partial charge in [-0.15, -0.1) is 0 Å². The summed E-state index contributed by atoms with van der Waals surface area (Å²) in [5, 5.41) is 9.58. The molecule has 1 saturated heterocycles. The fourth-order valence-electron chi connectivity index (χ4n) is 3.08. The van der Waals surface area contributed by atoms with Gasteiger partial charge in [-0.1, -0.05) is 11.6 Å². The SMILES string of the molecule is CC(=O)N1CCN(S(=O)(=O)c2ccc(Oc3ccc(Cl)cc3)cc2)[C@@H](C(=O)NO)C1. The van der Waals surface area contributed by atoms with Gasteiger partial charge in [-0.25, -0.2) is 13.9 Å². The molecule has 0 unspecified atom stereocenters. The number of amides is 2. The number of hydrogen-bond donors (Lipinski definition) is 2. The highest BCUT2D eigenvalue weighted by Crippen LogP contribution is 2.27. The lowest BCUT2D eigenvalue weighted by atomic mass is 10.2. The summed E-state index contributed by atoms with van der Waals surface area (Å²) in [6.07, 6.45) is 0. The van der Waals surface area contributed by atoms with Crippen LogP contribution in [0, 0.1) is 0 Å². The van der Waals surface area contributed by atoms with Crippen LogP contribution in [0.5, 0.6) is 11.5 Å². The van der Waals surface area contributed by atoms with Crippen LogP contribution in [0.3, 0.4) is 0 Å². The molecular formula is C19H20ClN3O6S. The first kappa shape index (κ1) is 22.0. The van der Waals surface area contributed by atoms with Gasteiger partial charge in [0.1, 0.15) is 17.5 Å². The Hall–Kier alpha value is -2.66. The Morgan fingerprint density at radius 3 is 2.17 bits per heavy atom. The first-order chi connectivity index (χ1) is 14.2. The topological polar surface area (TPSA) is 116 Å². The Kier molecular flexibility index (Phi) is 6.61. The number of carbonyl (C=O) groups is 2. The fraction of sp³-hybridized carbons (Fsp3) is 0.263. The molecule has 0 spiro atoms. The van der Waals surface area contributed by atoms with E-state index in [1.54, 1.807) is 24.3 Å². The lowest BCUT2D eigenvalue weighted by molar-refractivity contribution is -0.138. The zero-order valence-corrected chi connectivity index (χ0v) is 17.6. The number of piperazine rings is 1. The van der Waals surface area contributed by atoms with Crippen molar-refractivity contribution in [1.82, 2.24) is 14.7 Å². The van der Waals surface area contributed by atoms with Crippen LogP contribution in [0.15, 0.2) is 53.4 Å². The summed E-state index contributed by atoms with van der Waals surface area (Å²) >= 11 is 5.84. The summed E-state index contributed by atoms with van der Waals surface area (Å²) in [6, 6.07) is 11.2. The minimum Gasteiger partial charge on any atom is -0.457 e. The third-order valence-electron chi connectivity index (χ3n) is 4.67. The lowest BCUT2D eigenvalue weighted by Gasteiger charge is -2.38. The van der Waals surface area contributed by atoms with Crippen LogP contribution in [0.25, 0.3) is 0 Å². The number of halogens is 1. The second-order valence-electron chi connectivity index (χ2n) is 6.60. The van der Waals surface area contributed by atoms with E-state index >= 15 is 0 Å². The van der Waals surface area contributed by atoms with Gasteiger partial charge in [0.2, 0.25) is 15.9 Å². The molecule has 3 rings (SSSR count). The van der Waals surface area contributed by atoms with E-state index in [-0.39, 0.29) is 30.4 Å². The number of hydrogen-bond acceptors (Lipinski definition) is 6. The summed E-state index contributed by atoms with van der Waals surface area (Å²) in [7, 11) is -4.06. The van der Waals surface area contributed by atoms with E-state index in [1.807, 2.05) is 0 Å². The lowest BCUT2D eigenvalue weighted by Crippen LogP contribution is -2.60. The quantitative estimate of drug-likeness (QED) is 0.527. The molecule has 0 saturated carbocycles. The van der Waals surface area contributed by atoms with Crippen LogP contribution in [-0.4, -0.2) is 60.3 Å². The van der Waals surface area contributed by atoms with Gasteiger partial charge in [0.25, 0.3) is 5.91 Å². The Labute approximate surface area is 178 Å². The van der Waals surface area contributed by atoms with Crippen molar-refractivity contribution in [2.24, 2.45) is 0 Å². The van der Waals surface area contributed by atoms with E-state index in [2.05, 4.69) is 0 Å². The normalized spacial score (nSPS) is 17.4. The van der Waals surface area contributed by atoms with Crippen molar-refractivity contribution < 1.29 is 28.0 Å². The number of rotatable bonds is 5. The number of nitrogens with one attached hydrogen (secondary N) is 1. The molecule has 1 heterocycles. The summed E-state index contributed by atoms with van der Waals surface area (Å²) in [5.74, 6) is -0.240. The number of benzene rings is 2. The summed E-state index contributed by atoms with van der Waals surface area (Å²) in [6.45, 7) is 1.24. The van der Waals surface area contributed by atoms with E-state index in [0.717, 1.165) is 4.31 Å². The molecule has 160 valence electrons. The van der Waals surface area contributed by atoms with Crippen LogP contribution in [0.2, 0.25) is 5.02 Å². The molecule has 1 atom stereocenters.